The summed E-state index contributed by atoms with van der Waals surface area (Å²) in [7, 11) is 3.13. The zero-order valence-electron chi connectivity index (χ0n) is 17.9. The molecule has 33 heavy (non-hydrogen) atoms. The molecule has 1 fully saturated rings. The monoisotopic (exact) mass is 508 g/mol. The summed E-state index contributed by atoms with van der Waals surface area (Å²) in [5.41, 5.74) is 0.446. The minimum Gasteiger partial charge on any atom is -0.391 e. The highest BCUT2D eigenvalue weighted by Crippen LogP contribution is 2.41. The van der Waals surface area contributed by atoms with Crippen LogP contribution in [0.5, 0.6) is 0 Å². The van der Waals surface area contributed by atoms with E-state index in [2.05, 4.69) is 26.3 Å². The summed E-state index contributed by atoms with van der Waals surface area (Å²) in [6.07, 6.45) is 2.28. The fourth-order valence-corrected chi connectivity index (χ4v) is 5.80. The van der Waals surface area contributed by atoms with Gasteiger partial charge in [-0.2, -0.15) is 5.26 Å². The first-order valence-electron chi connectivity index (χ1n) is 9.89. The van der Waals surface area contributed by atoms with Gasteiger partial charge in [0.25, 0.3) is 0 Å². The summed E-state index contributed by atoms with van der Waals surface area (Å²) >= 11 is 8.67. The van der Waals surface area contributed by atoms with E-state index in [1.807, 2.05) is 0 Å². The first kappa shape index (κ1) is 24.0. The molecular weight excluding hydrogens is 488 g/mol. The van der Waals surface area contributed by atoms with Gasteiger partial charge in [-0.05, 0) is 13.0 Å². The molecule has 0 saturated carbocycles. The molecule has 4 heterocycles. The van der Waals surface area contributed by atoms with Crippen molar-refractivity contribution < 1.29 is 19.3 Å². The zero-order valence-corrected chi connectivity index (χ0v) is 20.3. The van der Waals surface area contributed by atoms with Crippen LogP contribution in [0.25, 0.3) is 10.7 Å². The third-order valence-electron chi connectivity index (χ3n) is 5.18. The Labute approximate surface area is 203 Å². The minimum absolute atomic E-state index is 0.388. The van der Waals surface area contributed by atoms with Crippen LogP contribution in [0.4, 0.5) is 0 Å². The van der Waals surface area contributed by atoms with Gasteiger partial charge >= 0.3 is 0 Å². The molecular formula is C20H21ClN6O4S2. The van der Waals surface area contributed by atoms with E-state index in [4.69, 9.17) is 25.8 Å². The molecule has 6 atom stereocenters. The number of hydrogen-bond acceptors (Lipinski definition) is 11. The quantitative estimate of drug-likeness (QED) is 0.508. The topological polar surface area (TPSA) is 128 Å². The number of rotatable bonds is 7. The van der Waals surface area contributed by atoms with Crippen molar-refractivity contribution in [2.45, 2.75) is 47.7 Å². The van der Waals surface area contributed by atoms with E-state index < -0.39 is 35.9 Å². The van der Waals surface area contributed by atoms with Crippen LogP contribution < -0.4 is 0 Å². The fourth-order valence-electron chi connectivity index (χ4n) is 3.73. The lowest BCUT2D eigenvalue weighted by Crippen LogP contribution is -2.58. The number of ether oxygens (including phenoxy) is 3. The molecule has 0 spiro atoms. The van der Waals surface area contributed by atoms with Gasteiger partial charge < -0.3 is 19.3 Å². The summed E-state index contributed by atoms with van der Waals surface area (Å²) in [6, 6.07) is 3.33. The summed E-state index contributed by atoms with van der Waals surface area (Å²) in [6.45, 7) is 1.64. The zero-order chi connectivity index (χ0) is 23.5. The number of aromatic nitrogens is 5. The van der Waals surface area contributed by atoms with Crippen LogP contribution in [0.15, 0.2) is 34.9 Å². The number of nitrogens with zero attached hydrogens (tertiary/aromatic N) is 6. The summed E-state index contributed by atoms with van der Waals surface area (Å²) in [5.74, 6) is 0. The number of nitriles is 1. The highest BCUT2D eigenvalue weighted by molar-refractivity contribution is 7.99. The first-order valence-corrected chi connectivity index (χ1v) is 12.0. The van der Waals surface area contributed by atoms with Gasteiger partial charge in [-0.25, -0.2) is 9.67 Å². The highest BCUT2D eigenvalue weighted by Gasteiger charge is 2.50. The average Bonchev–Trinajstić information content (AvgIpc) is 3.47. The van der Waals surface area contributed by atoms with Crippen LogP contribution in [-0.2, 0) is 14.2 Å². The fraction of sp³-hybridized carbons (Fsp3) is 0.450. The van der Waals surface area contributed by atoms with E-state index in [1.165, 1.54) is 29.3 Å². The Bertz CT molecular complexity index is 1140. The molecule has 0 radical (unpaired) electrons. The van der Waals surface area contributed by atoms with Crippen LogP contribution in [0.3, 0.4) is 0 Å². The van der Waals surface area contributed by atoms with E-state index in [0.29, 0.717) is 21.4 Å². The Morgan fingerprint density at radius 2 is 2.12 bits per heavy atom. The van der Waals surface area contributed by atoms with Crippen molar-refractivity contribution in [3.8, 4) is 16.8 Å². The molecule has 1 aliphatic heterocycles. The lowest BCUT2D eigenvalue weighted by atomic mass is 9.94. The maximum Gasteiger partial charge on any atom is 0.147 e. The summed E-state index contributed by atoms with van der Waals surface area (Å²) < 4.78 is 19.5. The van der Waals surface area contributed by atoms with Crippen molar-refractivity contribution in [2.24, 2.45) is 0 Å². The molecule has 0 aliphatic carbocycles. The lowest BCUT2D eigenvalue weighted by molar-refractivity contribution is -0.208. The summed E-state index contributed by atoms with van der Waals surface area (Å²) in [5, 5.41) is 31.0. The SMILES string of the molecule is COC1C(n2cc(-c3nc(Cl)cs3)nn2)[C@@H](OC)C(C(C)O)O[C@@H]1Sc1cncc(C#N)c1. The molecule has 174 valence electrons. The number of pyridine rings is 1. The van der Waals surface area contributed by atoms with E-state index in [1.54, 1.807) is 49.7 Å². The molecule has 4 unspecified atom stereocenters. The van der Waals surface area contributed by atoms with Crippen LogP contribution in [-0.4, -0.2) is 74.1 Å². The molecule has 1 N–H and O–H groups in total. The van der Waals surface area contributed by atoms with Gasteiger partial charge in [0.1, 0.15) is 51.7 Å². The van der Waals surface area contributed by atoms with Crippen LogP contribution in [0.2, 0.25) is 5.15 Å². The lowest BCUT2D eigenvalue weighted by Gasteiger charge is -2.46. The second-order valence-corrected chi connectivity index (χ2v) is 9.72. The second kappa shape index (κ2) is 10.4. The number of aliphatic hydroxyl groups is 1. The third kappa shape index (κ3) is 5.04. The van der Waals surface area contributed by atoms with Crippen LogP contribution in [0.1, 0.15) is 18.5 Å². The number of aliphatic hydroxyl groups excluding tert-OH is 1. The normalized spacial score (nSPS) is 26.1. The number of thiazole rings is 1. The third-order valence-corrected chi connectivity index (χ3v) is 7.48. The maximum absolute atomic E-state index is 10.5. The van der Waals surface area contributed by atoms with Crippen molar-refractivity contribution in [3.63, 3.8) is 0 Å². The Kier molecular flexibility index (Phi) is 7.60. The van der Waals surface area contributed by atoms with Crippen molar-refractivity contribution in [1.29, 1.82) is 5.26 Å². The largest absolute Gasteiger partial charge is 0.391 e. The van der Waals surface area contributed by atoms with Crippen LogP contribution in [0, 0.1) is 11.3 Å². The van der Waals surface area contributed by atoms with Gasteiger partial charge in [-0.15, -0.1) is 16.4 Å². The number of thioether (sulfide) groups is 1. The van der Waals surface area contributed by atoms with Gasteiger partial charge in [-0.1, -0.05) is 28.6 Å². The van der Waals surface area contributed by atoms with Crippen LogP contribution >= 0.6 is 34.7 Å². The van der Waals surface area contributed by atoms with E-state index in [-0.39, 0.29) is 0 Å². The standard InChI is InChI=1S/C20H21ClN6O4S2/c1-10(28)16-17(29-2)15(27-8-13(25-26-27)19-24-14(21)9-32-19)18(30-3)20(31-16)33-12-4-11(5-22)6-23-7-12/h4,6-10,15-18,20,28H,1-3H3/t10?,15?,16?,17-,18?,20-/m1/s1. The smallest absolute Gasteiger partial charge is 0.147 e. The number of halogens is 1. The Morgan fingerprint density at radius 1 is 1.33 bits per heavy atom. The molecule has 1 aliphatic rings. The maximum atomic E-state index is 10.5. The molecule has 0 aromatic carbocycles. The van der Waals surface area contributed by atoms with Crippen molar-refractivity contribution >= 4 is 34.7 Å². The number of hydrogen-bond donors (Lipinski definition) is 1. The second-order valence-electron chi connectivity index (χ2n) is 7.30. The highest BCUT2D eigenvalue weighted by atomic mass is 35.5. The molecule has 4 rings (SSSR count). The van der Waals surface area contributed by atoms with E-state index >= 15 is 0 Å². The van der Waals surface area contributed by atoms with E-state index in [9.17, 15) is 10.4 Å². The Morgan fingerprint density at radius 3 is 2.76 bits per heavy atom. The average molecular weight is 509 g/mol. The van der Waals surface area contributed by atoms with Crippen molar-refractivity contribution in [1.82, 2.24) is 25.0 Å². The number of methoxy groups -OCH3 is 2. The molecule has 13 heteroatoms. The molecule has 3 aromatic heterocycles. The van der Waals surface area contributed by atoms with Gasteiger partial charge in [0.2, 0.25) is 0 Å². The minimum atomic E-state index is -0.831. The van der Waals surface area contributed by atoms with Gasteiger partial charge in [-0.3, -0.25) is 4.98 Å². The van der Waals surface area contributed by atoms with Crippen molar-refractivity contribution in [3.05, 3.63) is 40.8 Å². The molecule has 1 saturated heterocycles. The predicted octanol–water partition coefficient (Wildman–Crippen LogP) is 2.79. The Balaban J connectivity index is 1.70. The predicted molar refractivity (Wildman–Crippen MR) is 122 cm³/mol. The van der Waals surface area contributed by atoms with Gasteiger partial charge in [0.05, 0.1) is 17.9 Å². The summed E-state index contributed by atoms with van der Waals surface area (Å²) in [4.78, 5) is 9.10. The first-order chi connectivity index (χ1) is 15.9. The Hall–Kier alpha value is -2.11. The molecule has 10 nitrogen and oxygen atoms in total. The molecule has 0 bridgehead atoms. The molecule has 3 aromatic rings. The molecule has 0 amide bonds. The van der Waals surface area contributed by atoms with Crippen molar-refractivity contribution in [2.75, 3.05) is 14.2 Å². The van der Waals surface area contributed by atoms with Gasteiger partial charge in [0, 0.05) is 36.9 Å². The van der Waals surface area contributed by atoms with E-state index in [0.717, 1.165) is 4.90 Å². The van der Waals surface area contributed by atoms with Gasteiger partial charge in [0.15, 0.2) is 0 Å².